The molecule has 0 bridgehead atoms. The number of hydrogen-bond acceptors (Lipinski definition) is 1. The largest absolute Gasteiger partial charge is 0.329 e. The predicted octanol–water partition coefficient (Wildman–Crippen LogP) is 3.15. The minimum atomic E-state index is -1.30. The molecule has 0 aliphatic carbocycles. The monoisotopic (exact) mass is 257 g/mol. The Labute approximate surface area is 105 Å². The molecule has 1 aromatic carbocycles. The molecular weight excluding hydrogens is 245 g/mol. The van der Waals surface area contributed by atoms with Crippen molar-refractivity contribution in [2.45, 2.75) is 23.7 Å². The maximum Gasteiger partial charge on any atom is 0.262 e. The summed E-state index contributed by atoms with van der Waals surface area (Å²) in [7, 11) is 0. The van der Waals surface area contributed by atoms with E-state index in [9.17, 15) is 4.79 Å². The van der Waals surface area contributed by atoms with Crippen LogP contribution in [0.4, 0.5) is 0 Å². The number of halogens is 2. The van der Waals surface area contributed by atoms with Crippen molar-refractivity contribution in [1.82, 2.24) is 4.90 Å². The van der Waals surface area contributed by atoms with Gasteiger partial charge in [0.05, 0.1) is 6.04 Å². The van der Waals surface area contributed by atoms with Gasteiger partial charge in [-0.25, -0.2) is 0 Å². The number of amides is 1. The number of rotatable bonds is 3. The average molecular weight is 258 g/mol. The summed E-state index contributed by atoms with van der Waals surface area (Å²) in [6.07, 6.45) is 0.902. The molecule has 86 valence electrons. The van der Waals surface area contributed by atoms with Gasteiger partial charge in [-0.05, 0) is 12.0 Å². The molecule has 0 N–H and O–H groups in total. The van der Waals surface area contributed by atoms with Gasteiger partial charge in [-0.2, -0.15) is 0 Å². The Morgan fingerprint density at radius 2 is 1.94 bits per heavy atom. The summed E-state index contributed by atoms with van der Waals surface area (Å²) in [5.41, 5.74) is 0.987. The van der Waals surface area contributed by atoms with E-state index in [1.807, 2.05) is 37.3 Å². The average Bonchev–Trinajstić information content (AvgIpc) is 2.29. The van der Waals surface area contributed by atoms with E-state index in [1.54, 1.807) is 4.90 Å². The molecule has 1 heterocycles. The van der Waals surface area contributed by atoms with Gasteiger partial charge in [0.15, 0.2) is 0 Å². The molecule has 1 aromatic rings. The molecule has 1 aliphatic rings. The van der Waals surface area contributed by atoms with Crippen LogP contribution in [0.2, 0.25) is 0 Å². The van der Waals surface area contributed by atoms with Gasteiger partial charge in [0.1, 0.15) is 0 Å². The first-order valence-corrected chi connectivity index (χ1v) is 6.08. The number of β-lactam (4-membered cyclic amide) rings is 1. The number of carbonyl (C=O) groups excluding carboxylic acids is 1. The van der Waals surface area contributed by atoms with Crippen molar-refractivity contribution >= 4 is 29.1 Å². The zero-order valence-electron chi connectivity index (χ0n) is 8.99. The van der Waals surface area contributed by atoms with Crippen LogP contribution in [0.1, 0.15) is 24.9 Å². The summed E-state index contributed by atoms with van der Waals surface area (Å²) >= 11 is 12.1. The standard InChI is InChI=1S/C12H13Cl2NO/c1-2-8-15-10(12(13,14)11(15)16)9-6-4-3-5-7-9/h3-7,10H,2,8H2,1H3. The van der Waals surface area contributed by atoms with Crippen molar-refractivity contribution in [2.24, 2.45) is 0 Å². The van der Waals surface area contributed by atoms with Crippen molar-refractivity contribution in [2.75, 3.05) is 6.54 Å². The number of hydrogen-bond donors (Lipinski definition) is 0. The summed E-state index contributed by atoms with van der Waals surface area (Å²) in [6.45, 7) is 2.72. The van der Waals surface area contributed by atoms with Crippen LogP contribution in [0.5, 0.6) is 0 Å². The van der Waals surface area contributed by atoms with E-state index in [0.717, 1.165) is 12.0 Å². The van der Waals surface area contributed by atoms with Crippen LogP contribution in [0.15, 0.2) is 30.3 Å². The number of alkyl halides is 2. The maximum atomic E-state index is 11.7. The third-order valence-corrected chi connectivity index (χ3v) is 3.52. The van der Waals surface area contributed by atoms with E-state index in [2.05, 4.69) is 0 Å². The highest BCUT2D eigenvalue weighted by Gasteiger charge is 2.59. The quantitative estimate of drug-likeness (QED) is 0.602. The van der Waals surface area contributed by atoms with E-state index in [0.29, 0.717) is 6.54 Å². The van der Waals surface area contributed by atoms with Crippen molar-refractivity contribution in [3.05, 3.63) is 35.9 Å². The SMILES string of the molecule is CCCN1C(=O)C(Cl)(Cl)C1c1ccccc1. The Kier molecular flexibility index (Phi) is 3.13. The van der Waals surface area contributed by atoms with Crippen LogP contribution in [-0.4, -0.2) is 21.7 Å². The summed E-state index contributed by atoms with van der Waals surface area (Å²) in [5.74, 6) is -0.188. The second-order valence-electron chi connectivity index (χ2n) is 3.93. The van der Waals surface area contributed by atoms with Gasteiger partial charge in [0.25, 0.3) is 5.91 Å². The van der Waals surface area contributed by atoms with E-state index in [1.165, 1.54) is 0 Å². The van der Waals surface area contributed by atoms with Gasteiger partial charge >= 0.3 is 0 Å². The molecule has 4 heteroatoms. The lowest BCUT2D eigenvalue weighted by molar-refractivity contribution is -0.148. The first-order valence-electron chi connectivity index (χ1n) is 5.33. The first-order chi connectivity index (χ1) is 7.59. The van der Waals surface area contributed by atoms with Gasteiger partial charge in [-0.1, -0.05) is 60.5 Å². The van der Waals surface area contributed by atoms with Gasteiger partial charge in [-0.15, -0.1) is 0 Å². The summed E-state index contributed by atoms with van der Waals surface area (Å²) in [5, 5.41) is 0. The zero-order chi connectivity index (χ0) is 11.8. The van der Waals surface area contributed by atoms with E-state index < -0.39 is 4.33 Å². The Balaban J connectivity index is 2.28. The summed E-state index contributed by atoms with van der Waals surface area (Å²) in [4.78, 5) is 13.5. The molecule has 1 amide bonds. The molecule has 1 atom stereocenters. The molecule has 0 aromatic heterocycles. The summed E-state index contributed by atoms with van der Waals surface area (Å²) < 4.78 is -1.30. The molecule has 1 fully saturated rings. The number of carbonyl (C=O) groups is 1. The molecule has 1 aliphatic heterocycles. The minimum absolute atomic E-state index is 0.188. The topological polar surface area (TPSA) is 20.3 Å². The Bertz CT molecular complexity index is 391. The third-order valence-electron chi connectivity index (χ3n) is 2.78. The lowest BCUT2D eigenvalue weighted by Gasteiger charge is -2.49. The molecular formula is C12H13Cl2NO. The van der Waals surface area contributed by atoms with Crippen molar-refractivity contribution < 1.29 is 4.79 Å². The maximum absolute atomic E-state index is 11.7. The van der Waals surface area contributed by atoms with Crippen molar-refractivity contribution in [1.29, 1.82) is 0 Å². The van der Waals surface area contributed by atoms with Gasteiger partial charge in [0, 0.05) is 6.54 Å². The second-order valence-corrected chi connectivity index (χ2v) is 5.32. The Morgan fingerprint density at radius 1 is 1.31 bits per heavy atom. The summed E-state index contributed by atoms with van der Waals surface area (Å²) in [6, 6.07) is 9.44. The van der Waals surface area contributed by atoms with Crippen molar-refractivity contribution in [3.63, 3.8) is 0 Å². The smallest absolute Gasteiger partial charge is 0.262 e. The fourth-order valence-corrected chi connectivity index (χ4v) is 2.76. The highest BCUT2D eigenvalue weighted by atomic mass is 35.5. The van der Waals surface area contributed by atoms with E-state index in [-0.39, 0.29) is 11.9 Å². The van der Waals surface area contributed by atoms with Crippen LogP contribution in [-0.2, 0) is 4.79 Å². The molecule has 0 spiro atoms. The minimum Gasteiger partial charge on any atom is -0.329 e. The van der Waals surface area contributed by atoms with Gasteiger partial charge in [0.2, 0.25) is 4.33 Å². The van der Waals surface area contributed by atoms with E-state index in [4.69, 9.17) is 23.2 Å². The lowest BCUT2D eigenvalue weighted by atomic mass is 9.92. The molecule has 2 nitrogen and oxygen atoms in total. The van der Waals surface area contributed by atoms with Crippen LogP contribution >= 0.6 is 23.2 Å². The Morgan fingerprint density at radius 3 is 2.50 bits per heavy atom. The number of likely N-dealkylation sites (tertiary alicyclic amines) is 1. The molecule has 0 saturated carbocycles. The van der Waals surface area contributed by atoms with Crippen molar-refractivity contribution in [3.8, 4) is 0 Å². The van der Waals surface area contributed by atoms with Crippen LogP contribution in [0.25, 0.3) is 0 Å². The molecule has 0 radical (unpaired) electrons. The highest BCUT2D eigenvalue weighted by Crippen LogP contribution is 2.50. The molecule has 2 rings (SSSR count). The first kappa shape index (κ1) is 11.7. The predicted molar refractivity (Wildman–Crippen MR) is 65.6 cm³/mol. The van der Waals surface area contributed by atoms with Gasteiger partial charge < -0.3 is 4.90 Å². The number of nitrogens with zero attached hydrogens (tertiary/aromatic N) is 1. The normalized spacial score (nSPS) is 23.1. The zero-order valence-corrected chi connectivity index (χ0v) is 10.5. The van der Waals surface area contributed by atoms with Gasteiger partial charge in [-0.3, -0.25) is 4.79 Å². The molecule has 1 unspecified atom stereocenters. The lowest BCUT2D eigenvalue weighted by Crippen LogP contribution is -2.62. The van der Waals surface area contributed by atoms with Crippen LogP contribution in [0, 0.1) is 0 Å². The third kappa shape index (κ3) is 1.70. The number of benzene rings is 1. The van der Waals surface area contributed by atoms with Crippen LogP contribution < -0.4 is 0 Å². The highest BCUT2D eigenvalue weighted by molar-refractivity contribution is 6.60. The molecule has 1 saturated heterocycles. The second kappa shape index (κ2) is 4.27. The van der Waals surface area contributed by atoms with E-state index >= 15 is 0 Å². The molecule has 16 heavy (non-hydrogen) atoms. The fourth-order valence-electron chi connectivity index (χ4n) is 2.05. The fraction of sp³-hybridized carbons (Fsp3) is 0.417. The Hall–Kier alpha value is -0.730. The van der Waals surface area contributed by atoms with Crippen LogP contribution in [0.3, 0.4) is 0 Å².